The van der Waals surface area contributed by atoms with E-state index >= 15 is 0 Å². The van der Waals surface area contributed by atoms with Crippen molar-refractivity contribution in [3.05, 3.63) is 91.3 Å². The van der Waals surface area contributed by atoms with Crippen molar-refractivity contribution in [2.24, 2.45) is 4.99 Å². The minimum atomic E-state index is -0.240. The first-order chi connectivity index (χ1) is 15.2. The van der Waals surface area contributed by atoms with Gasteiger partial charge < -0.3 is 5.11 Å². The van der Waals surface area contributed by atoms with Gasteiger partial charge in [-0.15, -0.1) is 0 Å². The molecular formula is C24H17Cl3N2O2S. The summed E-state index contributed by atoms with van der Waals surface area (Å²) in [4.78, 5) is 20.1. The Kier molecular flexibility index (Phi) is 6.54. The maximum Gasteiger partial charge on any atom is 0.271 e. The molecule has 3 aromatic carbocycles. The van der Waals surface area contributed by atoms with Crippen LogP contribution in [0, 0.1) is 13.8 Å². The van der Waals surface area contributed by atoms with Crippen molar-refractivity contribution in [1.29, 1.82) is 0 Å². The summed E-state index contributed by atoms with van der Waals surface area (Å²) in [6.07, 6.45) is 1.71. The van der Waals surface area contributed by atoms with Crippen molar-refractivity contribution in [1.82, 2.24) is 0 Å². The van der Waals surface area contributed by atoms with Crippen LogP contribution >= 0.6 is 46.6 Å². The summed E-state index contributed by atoms with van der Waals surface area (Å²) in [5, 5.41) is 11.5. The SMILES string of the molecule is Cc1ccc(N=C2S/C(=C\c3ccc(O)c(Cl)c3)C(=O)N2c2ccc(C)c(Cl)c2)cc1Cl. The number of phenols is 1. The number of thioether (sulfide) groups is 1. The van der Waals surface area contributed by atoms with Crippen LogP contribution in [-0.2, 0) is 4.79 Å². The van der Waals surface area contributed by atoms with Crippen molar-refractivity contribution < 1.29 is 9.90 Å². The highest BCUT2D eigenvalue weighted by molar-refractivity contribution is 8.19. The lowest BCUT2D eigenvalue weighted by Crippen LogP contribution is -2.28. The number of aliphatic imine (C=N–C) groups is 1. The molecule has 32 heavy (non-hydrogen) atoms. The van der Waals surface area contributed by atoms with Gasteiger partial charge >= 0.3 is 0 Å². The van der Waals surface area contributed by atoms with Crippen LogP contribution in [0.3, 0.4) is 0 Å². The fraction of sp³-hybridized carbons (Fsp3) is 0.0833. The number of phenolic OH excluding ortho intramolecular Hbond substituents is 1. The zero-order valence-electron chi connectivity index (χ0n) is 17.1. The molecule has 162 valence electrons. The van der Waals surface area contributed by atoms with Gasteiger partial charge in [0, 0.05) is 10.0 Å². The molecule has 0 atom stereocenters. The average molecular weight is 504 g/mol. The fourth-order valence-electron chi connectivity index (χ4n) is 3.02. The third-order valence-electron chi connectivity index (χ3n) is 4.87. The molecule has 0 unspecified atom stereocenters. The number of hydrogen-bond acceptors (Lipinski definition) is 4. The normalized spacial score (nSPS) is 16.4. The molecule has 1 heterocycles. The van der Waals surface area contributed by atoms with Crippen LogP contribution in [-0.4, -0.2) is 16.2 Å². The lowest BCUT2D eigenvalue weighted by atomic mass is 10.2. The number of anilines is 1. The summed E-state index contributed by atoms with van der Waals surface area (Å²) in [6, 6.07) is 15.7. The minimum absolute atomic E-state index is 0.0198. The third-order valence-corrected chi connectivity index (χ3v) is 6.96. The topological polar surface area (TPSA) is 52.9 Å². The van der Waals surface area contributed by atoms with E-state index < -0.39 is 0 Å². The second-order valence-electron chi connectivity index (χ2n) is 7.22. The van der Waals surface area contributed by atoms with Crippen LogP contribution in [0.15, 0.2) is 64.5 Å². The molecule has 1 saturated heterocycles. The molecule has 4 rings (SSSR count). The number of carbonyl (C=O) groups is 1. The van der Waals surface area contributed by atoms with E-state index in [9.17, 15) is 9.90 Å². The maximum absolute atomic E-state index is 13.4. The van der Waals surface area contributed by atoms with Crippen molar-refractivity contribution in [3.8, 4) is 5.75 Å². The molecule has 0 radical (unpaired) electrons. The van der Waals surface area contributed by atoms with Crippen LogP contribution in [0.25, 0.3) is 6.08 Å². The number of hydrogen-bond donors (Lipinski definition) is 1. The predicted octanol–water partition coefficient (Wildman–Crippen LogP) is 7.78. The molecule has 0 bridgehead atoms. The summed E-state index contributed by atoms with van der Waals surface area (Å²) in [5.74, 6) is -0.260. The van der Waals surface area contributed by atoms with Crippen LogP contribution in [0.5, 0.6) is 5.75 Å². The van der Waals surface area contributed by atoms with Crippen molar-refractivity contribution in [2.75, 3.05) is 4.90 Å². The molecule has 8 heteroatoms. The van der Waals surface area contributed by atoms with Gasteiger partial charge in [0.1, 0.15) is 5.75 Å². The molecule has 0 saturated carbocycles. The van der Waals surface area contributed by atoms with E-state index in [2.05, 4.69) is 0 Å². The van der Waals surface area contributed by atoms with Crippen molar-refractivity contribution in [2.45, 2.75) is 13.8 Å². The van der Waals surface area contributed by atoms with E-state index in [1.165, 1.54) is 22.7 Å². The Morgan fingerprint density at radius 3 is 2.25 bits per heavy atom. The molecule has 1 aliphatic rings. The lowest BCUT2D eigenvalue weighted by Gasteiger charge is -2.16. The van der Waals surface area contributed by atoms with Gasteiger partial charge in [0.25, 0.3) is 5.91 Å². The van der Waals surface area contributed by atoms with Crippen LogP contribution in [0.2, 0.25) is 15.1 Å². The van der Waals surface area contributed by atoms with Gasteiger partial charge in [-0.3, -0.25) is 9.69 Å². The first-order valence-electron chi connectivity index (χ1n) is 9.56. The number of carbonyl (C=O) groups excluding carboxylic acids is 1. The zero-order valence-corrected chi connectivity index (χ0v) is 20.1. The molecule has 4 nitrogen and oxygen atoms in total. The van der Waals surface area contributed by atoms with Gasteiger partial charge in [0.2, 0.25) is 0 Å². The summed E-state index contributed by atoms with van der Waals surface area (Å²) in [6.45, 7) is 3.81. The van der Waals surface area contributed by atoms with Crippen LogP contribution < -0.4 is 4.90 Å². The quantitative estimate of drug-likeness (QED) is 0.371. The highest BCUT2D eigenvalue weighted by atomic mass is 35.5. The van der Waals surface area contributed by atoms with Gasteiger partial charge in [-0.25, -0.2) is 4.99 Å². The molecule has 0 aliphatic carbocycles. The van der Waals surface area contributed by atoms with Crippen LogP contribution in [0.1, 0.15) is 16.7 Å². The monoisotopic (exact) mass is 502 g/mol. The number of rotatable bonds is 3. The summed E-state index contributed by atoms with van der Waals surface area (Å²) >= 11 is 19.9. The summed E-state index contributed by atoms with van der Waals surface area (Å²) in [5.41, 5.74) is 3.78. The zero-order chi connectivity index (χ0) is 23.0. The van der Waals surface area contributed by atoms with Crippen molar-refractivity contribution >= 4 is 75.1 Å². The molecular weight excluding hydrogens is 487 g/mol. The largest absolute Gasteiger partial charge is 0.506 e. The summed E-state index contributed by atoms with van der Waals surface area (Å²) < 4.78 is 0. The van der Waals surface area contributed by atoms with E-state index in [0.717, 1.165) is 11.1 Å². The number of aromatic hydroxyl groups is 1. The van der Waals surface area contributed by atoms with Gasteiger partial charge in [-0.1, -0.05) is 53.0 Å². The van der Waals surface area contributed by atoms with E-state index in [1.807, 2.05) is 38.1 Å². The average Bonchev–Trinajstić information content (AvgIpc) is 3.04. The second-order valence-corrected chi connectivity index (χ2v) is 9.45. The Hall–Kier alpha value is -2.44. The second kappa shape index (κ2) is 9.20. The highest BCUT2D eigenvalue weighted by Crippen LogP contribution is 2.39. The van der Waals surface area contributed by atoms with Gasteiger partial charge in [0.15, 0.2) is 5.17 Å². The lowest BCUT2D eigenvalue weighted by molar-refractivity contribution is -0.113. The van der Waals surface area contributed by atoms with E-state index in [1.54, 1.807) is 30.3 Å². The minimum Gasteiger partial charge on any atom is -0.506 e. The third kappa shape index (κ3) is 4.66. The van der Waals surface area contributed by atoms with Gasteiger partial charge in [-0.2, -0.15) is 0 Å². The molecule has 1 aliphatic heterocycles. The molecule has 1 N–H and O–H groups in total. The Labute approximate surface area is 205 Å². The molecule has 1 amide bonds. The summed E-state index contributed by atoms with van der Waals surface area (Å²) in [7, 11) is 0. The van der Waals surface area contributed by atoms with Gasteiger partial charge in [0.05, 0.1) is 21.3 Å². The smallest absolute Gasteiger partial charge is 0.271 e. The number of halogens is 3. The van der Waals surface area contributed by atoms with Crippen molar-refractivity contribution in [3.63, 3.8) is 0 Å². The Bertz CT molecular complexity index is 1300. The number of amides is 1. The predicted molar refractivity (Wildman–Crippen MR) is 136 cm³/mol. The molecule has 1 fully saturated rings. The number of aryl methyl sites for hydroxylation is 2. The Morgan fingerprint density at radius 1 is 0.906 bits per heavy atom. The molecule has 3 aromatic rings. The number of amidine groups is 1. The molecule has 0 spiro atoms. The standard InChI is InChI=1S/C24H17Cl3N2O2S/c1-13-3-6-16(11-18(13)25)28-24-29(17-7-4-14(2)19(26)12-17)23(31)22(32-24)10-15-5-8-21(30)20(27)9-15/h3-12,30H,1-2H3/b22-10-,28-24?. The fourth-order valence-corrected chi connectivity index (χ4v) is 4.56. The van der Waals surface area contributed by atoms with E-state index in [0.29, 0.717) is 37.1 Å². The van der Waals surface area contributed by atoms with E-state index in [4.69, 9.17) is 39.8 Å². The van der Waals surface area contributed by atoms with E-state index in [-0.39, 0.29) is 16.7 Å². The first-order valence-corrected chi connectivity index (χ1v) is 11.5. The van der Waals surface area contributed by atoms with Crippen LogP contribution in [0.4, 0.5) is 11.4 Å². The highest BCUT2D eigenvalue weighted by Gasteiger charge is 2.35. The Morgan fingerprint density at radius 2 is 1.59 bits per heavy atom. The molecule has 0 aromatic heterocycles. The number of benzene rings is 3. The van der Waals surface area contributed by atoms with Gasteiger partial charge in [-0.05, 0) is 84.8 Å². The first kappa shape index (κ1) is 22.7. The number of nitrogens with zero attached hydrogens (tertiary/aromatic N) is 2. The Balaban J connectivity index is 1.81. The maximum atomic E-state index is 13.4.